The monoisotopic (exact) mass is 253 g/mol. The number of nitrogen functional groups attached to an aromatic ring is 1. The number of anilines is 3. The predicted octanol–water partition coefficient (Wildman–Crippen LogP) is 2.60. The van der Waals surface area contributed by atoms with E-state index in [0.717, 1.165) is 33.7 Å². The Morgan fingerprint density at radius 3 is 2.84 bits per heavy atom. The standard InChI is InChI=1S/C14H15N5/c1-9-5-14(18-11-7-16-19(2)8-11)12-6-10(15)3-4-13(12)17-9/h3-8H,15H2,1-2H3,(H,17,18). The first-order valence-electron chi connectivity index (χ1n) is 6.04. The third-order valence-corrected chi connectivity index (χ3v) is 2.94. The Kier molecular flexibility index (Phi) is 2.59. The lowest BCUT2D eigenvalue weighted by Gasteiger charge is -2.09. The van der Waals surface area contributed by atoms with Gasteiger partial charge in [-0.25, -0.2) is 0 Å². The SMILES string of the molecule is Cc1cc(Nc2cnn(C)c2)c2cc(N)ccc2n1. The van der Waals surface area contributed by atoms with Crippen LogP contribution in [0.3, 0.4) is 0 Å². The summed E-state index contributed by atoms with van der Waals surface area (Å²) in [7, 11) is 1.89. The van der Waals surface area contributed by atoms with Gasteiger partial charge in [0.05, 0.1) is 17.4 Å². The Balaban J connectivity index is 2.13. The molecule has 0 unspecified atom stereocenters. The van der Waals surface area contributed by atoms with Crippen molar-refractivity contribution < 1.29 is 0 Å². The molecule has 0 atom stereocenters. The van der Waals surface area contributed by atoms with Crippen LogP contribution in [0.4, 0.5) is 17.1 Å². The summed E-state index contributed by atoms with van der Waals surface area (Å²) in [5.41, 5.74) is 10.4. The summed E-state index contributed by atoms with van der Waals surface area (Å²) in [5.74, 6) is 0. The minimum atomic E-state index is 0.729. The van der Waals surface area contributed by atoms with Gasteiger partial charge in [0, 0.05) is 35.7 Å². The highest BCUT2D eigenvalue weighted by Crippen LogP contribution is 2.27. The van der Waals surface area contributed by atoms with E-state index in [-0.39, 0.29) is 0 Å². The van der Waals surface area contributed by atoms with Crippen molar-refractivity contribution in [1.82, 2.24) is 14.8 Å². The molecule has 0 aliphatic rings. The van der Waals surface area contributed by atoms with E-state index in [0.29, 0.717) is 0 Å². The number of aryl methyl sites for hydroxylation is 2. The van der Waals surface area contributed by atoms with Gasteiger partial charge in [-0.3, -0.25) is 9.67 Å². The number of pyridine rings is 1. The van der Waals surface area contributed by atoms with Crippen LogP contribution < -0.4 is 11.1 Å². The molecule has 3 aromatic rings. The van der Waals surface area contributed by atoms with Crippen molar-refractivity contribution in [2.24, 2.45) is 7.05 Å². The van der Waals surface area contributed by atoms with Gasteiger partial charge >= 0.3 is 0 Å². The van der Waals surface area contributed by atoms with Crippen molar-refractivity contribution in [3.63, 3.8) is 0 Å². The molecule has 2 aromatic heterocycles. The lowest BCUT2D eigenvalue weighted by molar-refractivity contribution is 0.768. The first-order chi connectivity index (χ1) is 9.11. The molecule has 0 spiro atoms. The fraction of sp³-hybridized carbons (Fsp3) is 0.143. The zero-order valence-electron chi connectivity index (χ0n) is 10.9. The van der Waals surface area contributed by atoms with Crippen molar-refractivity contribution in [1.29, 1.82) is 0 Å². The Hall–Kier alpha value is -2.56. The molecule has 0 saturated carbocycles. The van der Waals surface area contributed by atoms with E-state index in [4.69, 9.17) is 5.73 Å². The fourth-order valence-electron chi connectivity index (χ4n) is 2.12. The number of hydrogen-bond acceptors (Lipinski definition) is 4. The molecular weight excluding hydrogens is 238 g/mol. The molecule has 0 fully saturated rings. The van der Waals surface area contributed by atoms with Crippen LogP contribution in [-0.2, 0) is 7.05 Å². The zero-order chi connectivity index (χ0) is 13.4. The van der Waals surface area contributed by atoms with Crippen LogP contribution in [0.25, 0.3) is 10.9 Å². The zero-order valence-corrected chi connectivity index (χ0v) is 10.9. The minimum absolute atomic E-state index is 0.729. The van der Waals surface area contributed by atoms with E-state index in [1.54, 1.807) is 10.9 Å². The van der Waals surface area contributed by atoms with Gasteiger partial charge in [0.15, 0.2) is 0 Å². The Morgan fingerprint density at radius 1 is 1.26 bits per heavy atom. The molecule has 96 valence electrons. The summed E-state index contributed by atoms with van der Waals surface area (Å²) in [5, 5.41) is 8.51. The molecule has 0 aliphatic heterocycles. The highest BCUT2D eigenvalue weighted by Gasteiger charge is 2.06. The molecule has 2 heterocycles. The number of aromatic nitrogens is 3. The quantitative estimate of drug-likeness (QED) is 0.689. The first-order valence-corrected chi connectivity index (χ1v) is 6.04. The van der Waals surface area contributed by atoms with Crippen LogP contribution in [0.15, 0.2) is 36.7 Å². The lowest BCUT2D eigenvalue weighted by atomic mass is 10.1. The highest BCUT2D eigenvalue weighted by molar-refractivity contribution is 5.95. The van der Waals surface area contributed by atoms with Crippen LogP contribution in [0, 0.1) is 6.92 Å². The molecule has 0 radical (unpaired) electrons. The summed E-state index contributed by atoms with van der Waals surface area (Å²) >= 11 is 0. The molecule has 0 aliphatic carbocycles. The predicted molar refractivity (Wildman–Crippen MR) is 77.4 cm³/mol. The average molecular weight is 253 g/mol. The van der Waals surface area contributed by atoms with Crippen molar-refractivity contribution >= 4 is 28.0 Å². The fourth-order valence-corrected chi connectivity index (χ4v) is 2.12. The van der Waals surface area contributed by atoms with Crippen LogP contribution >= 0.6 is 0 Å². The van der Waals surface area contributed by atoms with Gasteiger partial charge in [0.2, 0.25) is 0 Å². The van der Waals surface area contributed by atoms with Gasteiger partial charge in [0.25, 0.3) is 0 Å². The maximum absolute atomic E-state index is 5.86. The van der Waals surface area contributed by atoms with Crippen LogP contribution in [0.5, 0.6) is 0 Å². The van der Waals surface area contributed by atoms with Crippen molar-refractivity contribution in [2.75, 3.05) is 11.1 Å². The van der Waals surface area contributed by atoms with Gasteiger partial charge in [-0.1, -0.05) is 0 Å². The maximum Gasteiger partial charge on any atom is 0.0770 e. The highest BCUT2D eigenvalue weighted by atomic mass is 15.3. The summed E-state index contributed by atoms with van der Waals surface area (Å²) in [6.45, 7) is 1.98. The minimum Gasteiger partial charge on any atom is -0.399 e. The topological polar surface area (TPSA) is 68.8 Å². The second kappa shape index (κ2) is 4.28. The smallest absolute Gasteiger partial charge is 0.0770 e. The molecule has 19 heavy (non-hydrogen) atoms. The third-order valence-electron chi connectivity index (χ3n) is 2.94. The number of nitrogens with two attached hydrogens (primary N) is 1. The number of benzene rings is 1. The molecular formula is C14H15N5. The lowest BCUT2D eigenvalue weighted by Crippen LogP contribution is -1.95. The number of nitrogens with zero attached hydrogens (tertiary/aromatic N) is 3. The second-order valence-electron chi connectivity index (χ2n) is 4.62. The van der Waals surface area contributed by atoms with Gasteiger partial charge < -0.3 is 11.1 Å². The summed E-state index contributed by atoms with van der Waals surface area (Å²) < 4.78 is 1.76. The summed E-state index contributed by atoms with van der Waals surface area (Å²) in [4.78, 5) is 4.51. The first kappa shape index (κ1) is 11.5. The van der Waals surface area contributed by atoms with E-state index in [2.05, 4.69) is 15.4 Å². The molecule has 3 N–H and O–H groups in total. The summed E-state index contributed by atoms with van der Waals surface area (Å²) in [6, 6.07) is 7.74. The van der Waals surface area contributed by atoms with E-state index in [1.165, 1.54) is 0 Å². The number of fused-ring (bicyclic) bond motifs is 1. The number of hydrogen-bond donors (Lipinski definition) is 2. The number of nitrogens with one attached hydrogen (secondary N) is 1. The molecule has 5 heteroatoms. The van der Waals surface area contributed by atoms with Crippen molar-refractivity contribution in [3.8, 4) is 0 Å². The largest absolute Gasteiger partial charge is 0.399 e. The van der Waals surface area contributed by atoms with Crippen LogP contribution in [0.1, 0.15) is 5.69 Å². The van der Waals surface area contributed by atoms with Crippen LogP contribution in [0.2, 0.25) is 0 Å². The van der Waals surface area contributed by atoms with E-state index < -0.39 is 0 Å². The van der Waals surface area contributed by atoms with E-state index in [1.807, 2.05) is 44.4 Å². The third kappa shape index (κ3) is 2.22. The van der Waals surface area contributed by atoms with E-state index in [9.17, 15) is 0 Å². The van der Waals surface area contributed by atoms with Crippen LogP contribution in [-0.4, -0.2) is 14.8 Å². The van der Waals surface area contributed by atoms with Gasteiger partial charge in [0.1, 0.15) is 0 Å². The van der Waals surface area contributed by atoms with Gasteiger partial charge in [-0.15, -0.1) is 0 Å². The Morgan fingerprint density at radius 2 is 2.11 bits per heavy atom. The van der Waals surface area contributed by atoms with Crippen molar-refractivity contribution in [3.05, 3.63) is 42.4 Å². The maximum atomic E-state index is 5.86. The molecule has 3 rings (SSSR count). The Bertz CT molecular complexity index is 745. The Labute approximate surface area is 111 Å². The average Bonchev–Trinajstić information content (AvgIpc) is 2.76. The molecule has 0 amide bonds. The molecule has 0 bridgehead atoms. The molecule has 5 nitrogen and oxygen atoms in total. The normalized spacial score (nSPS) is 10.8. The van der Waals surface area contributed by atoms with Crippen molar-refractivity contribution in [2.45, 2.75) is 6.92 Å². The molecule has 0 saturated heterocycles. The number of rotatable bonds is 2. The van der Waals surface area contributed by atoms with Gasteiger partial charge in [-0.2, -0.15) is 5.10 Å². The molecule has 1 aromatic carbocycles. The van der Waals surface area contributed by atoms with Gasteiger partial charge in [-0.05, 0) is 31.2 Å². The second-order valence-corrected chi connectivity index (χ2v) is 4.62. The van der Waals surface area contributed by atoms with E-state index >= 15 is 0 Å². The summed E-state index contributed by atoms with van der Waals surface area (Å²) in [6.07, 6.45) is 3.71.